The van der Waals surface area contributed by atoms with Crippen molar-refractivity contribution in [2.24, 2.45) is 11.7 Å². The summed E-state index contributed by atoms with van der Waals surface area (Å²) in [5.41, 5.74) is 5.81. The minimum absolute atomic E-state index is 0. The van der Waals surface area contributed by atoms with Crippen molar-refractivity contribution in [3.8, 4) is 0 Å². The Bertz CT molecular complexity index is 1200. The van der Waals surface area contributed by atoms with Gasteiger partial charge in [-0.05, 0) is 32.1 Å². The van der Waals surface area contributed by atoms with Gasteiger partial charge < -0.3 is 21.1 Å². The van der Waals surface area contributed by atoms with Gasteiger partial charge in [-0.2, -0.15) is 4.98 Å². The van der Waals surface area contributed by atoms with Crippen LogP contribution in [0.1, 0.15) is 45.6 Å². The number of hydrogen-bond acceptors (Lipinski definition) is 7. The van der Waals surface area contributed by atoms with Crippen LogP contribution in [0.4, 0.5) is 30.8 Å². The number of ether oxygens (including phenoxy) is 1. The summed E-state index contributed by atoms with van der Waals surface area (Å²) in [7, 11) is 0. The molecule has 12 heteroatoms. The molecular weight excluding hydrogens is 463 g/mol. The zero-order valence-electron chi connectivity index (χ0n) is 18.2. The monoisotopic (exact) mass is 491 g/mol. The van der Waals surface area contributed by atoms with E-state index in [0.717, 1.165) is 12.8 Å². The lowest BCUT2D eigenvalue weighted by atomic mass is 9.86. The molecular formula is C23H28F3N7O2. The fourth-order valence-corrected chi connectivity index (χ4v) is 4.60. The van der Waals surface area contributed by atoms with Gasteiger partial charge in [0, 0.05) is 30.7 Å². The highest BCUT2D eigenvalue weighted by molar-refractivity contribution is 5.77. The normalized spacial score (nSPS) is 22.1. The number of imidazole rings is 1. The largest absolute Gasteiger partial charge is 0.379 e. The third-order valence-corrected chi connectivity index (χ3v) is 6.41. The Morgan fingerprint density at radius 1 is 1.09 bits per heavy atom. The van der Waals surface area contributed by atoms with Gasteiger partial charge >= 0.3 is 0 Å². The molecule has 2 aliphatic rings. The molecule has 2 aromatic heterocycles. The number of halogens is 3. The van der Waals surface area contributed by atoms with E-state index in [0.29, 0.717) is 61.7 Å². The third-order valence-electron chi connectivity index (χ3n) is 6.41. The van der Waals surface area contributed by atoms with E-state index in [1.165, 1.54) is 6.20 Å². The van der Waals surface area contributed by atoms with Crippen LogP contribution in [0.2, 0.25) is 0 Å². The second-order valence-electron chi connectivity index (χ2n) is 8.69. The molecule has 1 atom stereocenters. The van der Waals surface area contributed by atoms with Crippen LogP contribution in [0.3, 0.4) is 0 Å². The SMILES string of the molecule is C.NC(=O)C1CCC(Nc2ncc3nc(Nc4c(F)cc(F)cc4F)n([C@@H]4CCOC4)c3n2)CC1. The van der Waals surface area contributed by atoms with Gasteiger partial charge in [-0.3, -0.25) is 9.36 Å². The number of anilines is 3. The number of nitrogens with zero attached hydrogens (tertiary/aromatic N) is 4. The van der Waals surface area contributed by atoms with Gasteiger partial charge in [-0.1, -0.05) is 7.43 Å². The molecule has 9 nitrogen and oxygen atoms in total. The predicted molar refractivity (Wildman–Crippen MR) is 125 cm³/mol. The first-order valence-corrected chi connectivity index (χ1v) is 11.2. The van der Waals surface area contributed by atoms with Gasteiger partial charge in [0.05, 0.1) is 18.8 Å². The van der Waals surface area contributed by atoms with Crippen molar-refractivity contribution in [3.05, 3.63) is 35.8 Å². The summed E-state index contributed by atoms with van der Waals surface area (Å²) < 4.78 is 49.2. The molecule has 0 unspecified atom stereocenters. The van der Waals surface area contributed by atoms with Crippen LogP contribution in [0, 0.1) is 23.4 Å². The smallest absolute Gasteiger partial charge is 0.224 e. The Hall–Kier alpha value is -3.41. The summed E-state index contributed by atoms with van der Waals surface area (Å²) in [6.07, 6.45) is 5.14. The number of aromatic nitrogens is 4. The molecule has 1 aromatic carbocycles. The number of amides is 1. The van der Waals surface area contributed by atoms with Crippen molar-refractivity contribution in [2.75, 3.05) is 23.8 Å². The van der Waals surface area contributed by atoms with Gasteiger partial charge in [0.25, 0.3) is 0 Å². The first-order valence-electron chi connectivity index (χ1n) is 11.2. The van der Waals surface area contributed by atoms with E-state index in [2.05, 4.69) is 25.6 Å². The lowest BCUT2D eigenvalue weighted by Gasteiger charge is -2.27. The van der Waals surface area contributed by atoms with Gasteiger partial charge in [-0.15, -0.1) is 0 Å². The Morgan fingerprint density at radius 3 is 2.43 bits per heavy atom. The molecule has 1 saturated carbocycles. The molecule has 1 amide bonds. The lowest BCUT2D eigenvalue weighted by molar-refractivity contribution is -0.122. The van der Waals surface area contributed by atoms with Crippen LogP contribution in [-0.2, 0) is 9.53 Å². The third kappa shape index (κ3) is 5.02. The molecule has 0 spiro atoms. The Morgan fingerprint density at radius 2 is 1.80 bits per heavy atom. The maximum absolute atomic E-state index is 14.3. The Balaban J connectivity index is 0.00000289. The average molecular weight is 492 g/mol. The number of rotatable bonds is 6. The average Bonchev–Trinajstić information content (AvgIpc) is 3.43. The quantitative estimate of drug-likeness (QED) is 0.476. The highest BCUT2D eigenvalue weighted by Gasteiger charge is 2.28. The van der Waals surface area contributed by atoms with Crippen molar-refractivity contribution in [1.82, 2.24) is 19.5 Å². The van der Waals surface area contributed by atoms with Gasteiger partial charge in [-0.25, -0.2) is 23.1 Å². The number of primary amides is 1. The molecule has 0 bridgehead atoms. The van der Waals surface area contributed by atoms with Gasteiger partial charge in [0.2, 0.25) is 17.8 Å². The molecule has 3 heterocycles. The van der Waals surface area contributed by atoms with Crippen molar-refractivity contribution < 1.29 is 22.7 Å². The van der Waals surface area contributed by atoms with Crippen LogP contribution in [0.25, 0.3) is 11.2 Å². The summed E-state index contributed by atoms with van der Waals surface area (Å²) >= 11 is 0. The maximum Gasteiger partial charge on any atom is 0.224 e. The number of fused-ring (bicyclic) bond motifs is 1. The fraction of sp³-hybridized carbons (Fsp3) is 0.478. The molecule has 1 saturated heterocycles. The standard InChI is InChI=1S/C22H24F3N7O2.CH4/c23-12-7-15(24)18(16(25)8-12)30-22-29-17-9-27-21(28-13-3-1-11(2-4-13)19(26)33)31-20(17)32(22)14-5-6-34-10-14;/h7-9,11,13-14H,1-6,10H2,(H2,26,33)(H,29,30)(H,27,28,31);1H4/t11?,13?,14-;/m1./s1. The molecule has 1 aliphatic heterocycles. The second-order valence-corrected chi connectivity index (χ2v) is 8.69. The van der Waals surface area contributed by atoms with Gasteiger partial charge in [0.15, 0.2) is 17.3 Å². The first kappa shape index (κ1) is 24.7. The highest BCUT2D eigenvalue weighted by atomic mass is 19.1. The topological polar surface area (TPSA) is 120 Å². The van der Waals surface area contributed by atoms with Crippen molar-refractivity contribution in [3.63, 3.8) is 0 Å². The van der Waals surface area contributed by atoms with Crippen LogP contribution in [0.15, 0.2) is 18.3 Å². The van der Waals surface area contributed by atoms with E-state index in [4.69, 9.17) is 10.5 Å². The van der Waals surface area contributed by atoms with Crippen LogP contribution in [0.5, 0.6) is 0 Å². The van der Waals surface area contributed by atoms with E-state index in [1.54, 1.807) is 4.57 Å². The summed E-state index contributed by atoms with van der Waals surface area (Å²) in [6.45, 7) is 0.917. The molecule has 3 aromatic rings. The van der Waals surface area contributed by atoms with Gasteiger partial charge in [0.1, 0.15) is 17.0 Å². The number of hydrogen-bond donors (Lipinski definition) is 3. The number of nitrogens with one attached hydrogen (secondary N) is 2. The molecule has 35 heavy (non-hydrogen) atoms. The Labute approximate surface area is 200 Å². The minimum atomic E-state index is -1.07. The minimum Gasteiger partial charge on any atom is -0.379 e. The zero-order valence-corrected chi connectivity index (χ0v) is 18.2. The van der Waals surface area contributed by atoms with E-state index >= 15 is 0 Å². The summed E-state index contributed by atoms with van der Waals surface area (Å²) in [4.78, 5) is 24.8. The molecule has 5 rings (SSSR count). The van der Waals surface area contributed by atoms with Crippen LogP contribution in [-0.4, -0.2) is 44.7 Å². The molecule has 0 radical (unpaired) electrons. The summed E-state index contributed by atoms with van der Waals surface area (Å²) in [5, 5.41) is 5.97. The zero-order chi connectivity index (χ0) is 23.8. The van der Waals surface area contributed by atoms with Crippen LogP contribution < -0.4 is 16.4 Å². The maximum atomic E-state index is 14.3. The molecule has 188 valence electrons. The van der Waals surface area contributed by atoms with Crippen LogP contribution >= 0.6 is 0 Å². The number of carbonyl (C=O) groups excluding carboxylic acids is 1. The van der Waals surface area contributed by atoms with E-state index in [1.807, 2.05) is 0 Å². The van der Waals surface area contributed by atoms with Crippen molar-refractivity contribution in [1.29, 1.82) is 0 Å². The predicted octanol–water partition coefficient (Wildman–Crippen LogP) is 4.04. The van der Waals surface area contributed by atoms with Crippen molar-refractivity contribution >= 4 is 34.7 Å². The lowest BCUT2D eigenvalue weighted by Crippen LogP contribution is -2.32. The van der Waals surface area contributed by atoms with E-state index < -0.39 is 23.1 Å². The Kier molecular flexibility index (Phi) is 7.10. The van der Waals surface area contributed by atoms with E-state index in [9.17, 15) is 18.0 Å². The number of nitrogens with two attached hydrogens (primary N) is 1. The first-order chi connectivity index (χ1) is 16.4. The van der Waals surface area contributed by atoms with E-state index in [-0.39, 0.29) is 37.3 Å². The highest BCUT2D eigenvalue weighted by Crippen LogP contribution is 2.32. The fourth-order valence-electron chi connectivity index (χ4n) is 4.60. The second kappa shape index (κ2) is 10.1. The molecule has 2 fully saturated rings. The molecule has 4 N–H and O–H groups in total. The molecule has 1 aliphatic carbocycles. The number of carbonyl (C=O) groups is 1. The van der Waals surface area contributed by atoms with Crippen molar-refractivity contribution in [2.45, 2.75) is 51.6 Å². The number of benzene rings is 1. The summed E-state index contributed by atoms with van der Waals surface area (Å²) in [5.74, 6) is -2.98. The summed E-state index contributed by atoms with van der Waals surface area (Å²) in [6, 6.07) is 1.14.